The van der Waals surface area contributed by atoms with Crippen molar-refractivity contribution in [2.45, 2.75) is 0 Å². The Morgan fingerprint density at radius 2 is 2.33 bits per heavy atom. The molecule has 0 saturated heterocycles. The molecule has 0 bridgehead atoms. The molecule has 0 atom stereocenters. The van der Waals surface area contributed by atoms with Gasteiger partial charge in [0.25, 0.3) is 0 Å². The van der Waals surface area contributed by atoms with Crippen LogP contribution in [0, 0.1) is 11.8 Å². The molecule has 1 aromatic carbocycles. The lowest BCUT2D eigenvalue weighted by molar-refractivity contribution is 0.414. The first-order valence-corrected chi connectivity index (χ1v) is 5.08. The minimum atomic E-state index is 0.856. The molecular formula is C10H9IO. The van der Waals surface area contributed by atoms with Gasteiger partial charge in [-0.05, 0) is 18.2 Å². The molecule has 12 heavy (non-hydrogen) atoms. The molecule has 1 aromatic rings. The van der Waals surface area contributed by atoms with E-state index in [1.165, 1.54) is 0 Å². The highest BCUT2D eigenvalue weighted by atomic mass is 127. The topological polar surface area (TPSA) is 9.23 Å². The van der Waals surface area contributed by atoms with Crippen LogP contribution in [0.15, 0.2) is 24.3 Å². The van der Waals surface area contributed by atoms with Crippen molar-refractivity contribution in [2.24, 2.45) is 0 Å². The van der Waals surface area contributed by atoms with Crippen molar-refractivity contribution in [3.8, 4) is 17.6 Å². The Labute approximate surface area is 86.3 Å². The number of ether oxygens (including phenoxy) is 1. The van der Waals surface area contributed by atoms with E-state index in [0.29, 0.717) is 0 Å². The molecule has 1 nitrogen and oxygen atoms in total. The summed E-state index contributed by atoms with van der Waals surface area (Å²) in [6, 6.07) is 7.76. The second kappa shape index (κ2) is 5.04. The van der Waals surface area contributed by atoms with Crippen molar-refractivity contribution in [1.29, 1.82) is 0 Å². The first-order chi connectivity index (χ1) is 5.86. The molecular weight excluding hydrogens is 263 g/mol. The molecule has 0 spiro atoms. The van der Waals surface area contributed by atoms with Crippen molar-refractivity contribution < 1.29 is 4.74 Å². The zero-order valence-corrected chi connectivity index (χ0v) is 8.96. The van der Waals surface area contributed by atoms with Gasteiger partial charge in [0.15, 0.2) is 0 Å². The Bertz CT molecular complexity index is 309. The Hall–Kier alpha value is -0.690. The van der Waals surface area contributed by atoms with Crippen LogP contribution in [0.2, 0.25) is 0 Å². The minimum Gasteiger partial charge on any atom is -0.497 e. The van der Waals surface area contributed by atoms with Crippen LogP contribution in [0.25, 0.3) is 0 Å². The van der Waals surface area contributed by atoms with Gasteiger partial charge < -0.3 is 4.74 Å². The average Bonchev–Trinajstić information content (AvgIpc) is 2.15. The van der Waals surface area contributed by atoms with Gasteiger partial charge >= 0.3 is 0 Å². The van der Waals surface area contributed by atoms with Crippen LogP contribution < -0.4 is 4.74 Å². The lowest BCUT2D eigenvalue weighted by Gasteiger charge is -1.97. The molecule has 1 rings (SSSR count). The maximum Gasteiger partial charge on any atom is 0.120 e. The highest BCUT2D eigenvalue weighted by Crippen LogP contribution is 2.11. The van der Waals surface area contributed by atoms with Gasteiger partial charge in [0.05, 0.1) is 11.5 Å². The fraction of sp³-hybridized carbons (Fsp3) is 0.200. The van der Waals surface area contributed by atoms with Crippen molar-refractivity contribution >= 4 is 22.6 Å². The average molecular weight is 272 g/mol. The van der Waals surface area contributed by atoms with Crippen molar-refractivity contribution in [3.05, 3.63) is 29.8 Å². The molecule has 0 aliphatic heterocycles. The Morgan fingerprint density at radius 1 is 1.50 bits per heavy atom. The van der Waals surface area contributed by atoms with Crippen LogP contribution in [0.5, 0.6) is 5.75 Å². The third kappa shape index (κ3) is 2.74. The van der Waals surface area contributed by atoms with Gasteiger partial charge in [0.1, 0.15) is 5.75 Å². The van der Waals surface area contributed by atoms with E-state index in [0.717, 1.165) is 15.7 Å². The first kappa shape index (κ1) is 9.40. The van der Waals surface area contributed by atoms with E-state index >= 15 is 0 Å². The first-order valence-electron chi connectivity index (χ1n) is 3.55. The predicted molar refractivity (Wildman–Crippen MR) is 58.8 cm³/mol. The second-order valence-corrected chi connectivity index (χ2v) is 2.93. The van der Waals surface area contributed by atoms with Gasteiger partial charge in [-0.2, -0.15) is 0 Å². The summed E-state index contributed by atoms with van der Waals surface area (Å²) in [4.78, 5) is 0. The molecule has 0 radical (unpaired) electrons. The number of alkyl halides is 1. The van der Waals surface area contributed by atoms with E-state index in [2.05, 4.69) is 34.4 Å². The summed E-state index contributed by atoms with van der Waals surface area (Å²) in [7, 11) is 1.66. The Morgan fingerprint density at radius 3 is 3.00 bits per heavy atom. The van der Waals surface area contributed by atoms with E-state index in [9.17, 15) is 0 Å². The van der Waals surface area contributed by atoms with Crippen LogP contribution in [0.1, 0.15) is 5.56 Å². The fourth-order valence-corrected chi connectivity index (χ4v) is 1.03. The molecule has 0 unspecified atom stereocenters. The summed E-state index contributed by atoms with van der Waals surface area (Å²) in [5, 5.41) is 0. The van der Waals surface area contributed by atoms with E-state index < -0.39 is 0 Å². The third-order valence-electron chi connectivity index (χ3n) is 1.37. The number of halogens is 1. The molecule has 0 aliphatic carbocycles. The van der Waals surface area contributed by atoms with Crippen LogP contribution >= 0.6 is 22.6 Å². The third-order valence-corrected chi connectivity index (χ3v) is 1.75. The van der Waals surface area contributed by atoms with E-state index in [4.69, 9.17) is 4.74 Å². The van der Waals surface area contributed by atoms with Crippen molar-refractivity contribution in [2.75, 3.05) is 11.5 Å². The number of hydrogen-bond acceptors (Lipinski definition) is 1. The number of methoxy groups -OCH3 is 1. The normalized spacial score (nSPS) is 8.50. The van der Waals surface area contributed by atoms with Crippen molar-refractivity contribution in [1.82, 2.24) is 0 Å². The van der Waals surface area contributed by atoms with E-state index in [1.54, 1.807) is 7.11 Å². The predicted octanol–water partition coefficient (Wildman–Crippen LogP) is 2.48. The molecule has 0 aromatic heterocycles. The fourth-order valence-electron chi connectivity index (χ4n) is 0.836. The molecule has 0 fully saturated rings. The van der Waals surface area contributed by atoms with Gasteiger partial charge in [-0.3, -0.25) is 0 Å². The van der Waals surface area contributed by atoms with Crippen LogP contribution in [0.4, 0.5) is 0 Å². The van der Waals surface area contributed by atoms with Gasteiger partial charge in [-0.1, -0.05) is 40.5 Å². The summed E-state index contributed by atoms with van der Waals surface area (Å²) >= 11 is 2.23. The zero-order chi connectivity index (χ0) is 8.81. The lowest BCUT2D eigenvalue weighted by atomic mass is 10.2. The molecule has 2 heteroatoms. The lowest BCUT2D eigenvalue weighted by Crippen LogP contribution is -1.82. The van der Waals surface area contributed by atoms with Gasteiger partial charge in [0, 0.05) is 5.56 Å². The van der Waals surface area contributed by atoms with Crippen molar-refractivity contribution in [3.63, 3.8) is 0 Å². The number of rotatable bonds is 1. The Balaban J connectivity index is 2.86. The standard InChI is InChI=1S/C10H9IO/c1-12-10-6-2-4-9(8-10)5-3-7-11/h2,4,6,8H,7H2,1H3. The minimum absolute atomic E-state index is 0.856. The van der Waals surface area contributed by atoms with E-state index in [1.807, 2.05) is 24.3 Å². The van der Waals surface area contributed by atoms with Gasteiger partial charge in [-0.15, -0.1) is 0 Å². The molecule has 0 aliphatic rings. The number of hydrogen-bond donors (Lipinski definition) is 0. The maximum absolute atomic E-state index is 5.07. The van der Waals surface area contributed by atoms with Gasteiger partial charge in [0.2, 0.25) is 0 Å². The second-order valence-electron chi connectivity index (χ2n) is 2.17. The largest absolute Gasteiger partial charge is 0.497 e. The summed E-state index contributed by atoms with van der Waals surface area (Å²) < 4.78 is 5.92. The highest BCUT2D eigenvalue weighted by Gasteiger charge is 1.89. The zero-order valence-electron chi connectivity index (χ0n) is 6.80. The summed E-state index contributed by atoms with van der Waals surface area (Å²) in [5.74, 6) is 6.89. The Kier molecular flexibility index (Phi) is 3.95. The maximum atomic E-state index is 5.07. The molecule has 0 N–H and O–H groups in total. The summed E-state index contributed by atoms with van der Waals surface area (Å²) in [5.41, 5.74) is 1.01. The van der Waals surface area contributed by atoms with Gasteiger partial charge in [-0.25, -0.2) is 0 Å². The van der Waals surface area contributed by atoms with Crippen LogP contribution in [0.3, 0.4) is 0 Å². The SMILES string of the molecule is COc1cccc(C#CCI)c1. The smallest absolute Gasteiger partial charge is 0.120 e. The highest BCUT2D eigenvalue weighted by molar-refractivity contribution is 14.1. The molecule has 0 saturated carbocycles. The molecule has 0 amide bonds. The number of benzene rings is 1. The quantitative estimate of drug-likeness (QED) is 0.433. The summed E-state index contributed by atoms with van der Waals surface area (Å²) in [6.07, 6.45) is 0. The van der Waals surface area contributed by atoms with Crippen LogP contribution in [-0.4, -0.2) is 11.5 Å². The van der Waals surface area contributed by atoms with E-state index in [-0.39, 0.29) is 0 Å². The monoisotopic (exact) mass is 272 g/mol. The summed E-state index contributed by atoms with van der Waals surface area (Å²) in [6.45, 7) is 0. The molecule has 62 valence electrons. The molecule has 0 heterocycles. The van der Waals surface area contributed by atoms with Crippen LogP contribution in [-0.2, 0) is 0 Å².